The van der Waals surface area contributed by atoms with Gasteiger partial charge in [0.15, 0.2) is 5.82 Å². The maximum Gasteiger partial charge on any atom is 0.417 e. The summed E-state index contributed by atoms with van der Waals surface area (Å²) in [5, 5.41) is 1.81. The standard InChI is InChI=1S/C19H14ClF3N4O3/c1-26-7-6-24-17(26)16(29)11-2-4-13(5-3-11)25-15(28)10-27-9-12(19(21,22)23)8-14(20)18(27)30/h2-9H,10H2,1H3,(H,25,28). The lowest BCUT2D eigenvalue weighted by Gasteiger charge is -2.12. The zero-order chi connectivity index (χ0) is 22.1. The third-order valence-corrected chi connectivity index (χ3v) is 4.41. The minimum Gasteiger partial charge on any atom is -0.331 e. The highest BCUT2D eigenvalue weighted by molar-refractivity contribution is 6.30. The molecule has 0 aliphatic rings. The summed E-state index contributed by atoms with van der Waals surface area (Å²) in [6.07, 6.45) is -1.07. The van der Waals surface area contributed by atoms with Crippen LogP contribution in [0.1, 0.15) is 21.7 Å². The Hall–Kier alpha value is -3.40. The molecule has 0 atom stereocenters. The van der Waals surface area contributed by atoms with E-state index < -0.39 is 34.8 Å². The molecule has 0 aliphatic carbocycles. The number of carbonyl (C=O) groups is 2. The number of hydrogen-bond donors (Lipinski definition) is 1. The summed E-state index contributed by atoms with van der Waals surface area (Å²) in [5.41, 5.74) is -1.43. The van der Waals surface area contributed by atoms with Crippen LogP contribution in [-0.4, -0.2) is 25.8 Å². The van der Waals surface area contributed by atoms with Crippen LogP contribution in [0.2, 0.25) is 5.02 Å². The fraction of sp³-hybridized carbons (Fsp3) is 0.158. The SMILES string of the molecule is Cn1ccnc1C(=O)c1ccc(NC(=O)Cn2cc(C(F)(F)F)cc(Cl)c2=O)cc1. The van der Waals surface area contributed by atoms with Crippen molar-refractivity contribution < 1.29 is 22.8 Å². The van der Waals surface area contributed by atoms with Crippen molar-refractivity contribution in [3.05, 3.63) is 81.3 Å². The number of amides is 1. The van der Waals surface area contributed by atoms with Gasteiger partial charge in [-0.15, -0.1) is 0 Å². The fourth-order valence-electron chi connectivity index (χ4n) is 2.65. The van der Waals surface area contributed by atoms with Gasteiger partial charge in [-0.2, -0.15) is 13.2 Å². The topological polar surface area (TPSA) is 86.0 Å². The number of anilines is 1. The molecule has 11 heteroatoms. The molecule has 0 spiro atoms. The molecule has 3 aromatic rings. The van der Waals surface area contributed by atoms with Crippen LogP contribution in [0.4, 0.5) is 18.9 Å². The van der Waals surface area contributed by atoms with Crippen LogP contribution >= 0.6 is 11.6 Å². The molecule has 30 heavy (non-hydrogen) atoms. The molecule has 7 nitrogen and oxygen atoms in total. The van der Waals surface area contributed by atoms with Gasteiger partial charge in [-0.1, -0.05) is 11.6 Å². The van der Waals surface area contributed by atoms with Gasteiger partial charge in [-0.05, 0) is 30.3 Å². The number of nitrogens with zero attached hydrogens (tertiary/aromatic N) is 3. The number of halogens is 4. The third-order valence-electron chi connectivity index (χ3n) is 4.14. The normalized spacial score (nSPS) is 11.4. The van der Waals surface area contributed by atoms with Gasteiger partial charge >= 0.3 is 6.18 Å². The third kappa shape index (κ3) is 4.60. The summed E-state index contributed by atoms with van der Waals surface area (Å²) in [4.78, 5) is 40.5. The number of aromatic nitrogens is 3. The van der Waals surface area contributed by atoms with E-state index in [0.717, 1.165) is 0 Å². The second kappa shape index (κ2) is 8.15. The van der Waals surface area contributed by atoms with E-state index in [-0.39, 0.29) is 11.6 Å². The fourth-order valence-corrected chi connectivity index (χ4v) is 2.87. The average molecular weight is 439 g/mol. The lowest BCUT2D eigenvalue weighted by Crippen LogP contribution is -2.29. The van der Waals surface area contributed by atoms with Crippen molar-refractivity contribution >= 4 is 29.0 Å². The number of imidazole rings is 1. The van der Waals surface area contributed by atoms with Gasteiger partial charge in [0.25, 0.3) is 5.56 Å². The molecule has 0 saturated carbocycles. The molecule has 1 amide bonds. The van der Waals surface area contributed by atoms with Crippen LogP contribution in [0, 0.1) is 0 Å². The molecule has 0 saturated heterocycles. The molecule has 2 heterocycles. The molecule has 2 aromatic heterocycles. The Morgan fingerprint density at radius 1 is 1.20 bits per heavy atom. The Morgan fingerprint density at radius 3 is 2.43 bits per heavy atom. The molecule has 0 radical (unpaired) electrons. The summed E-state index contributed by atoms with van der Waals surface area (Å²) >= 11 is 5.57. The number of pyridine rings is 1. The number of nitrogens with one attached hydrogen (secondary N) is 1. The maximum absolute atomic E-state index is 12.9. The monoisotopic (exact) mass is 438 g/mol. The summed E-state index contributed by atoms with van der Waals surface area (Å²) in [6, 6.07) is 6.36. The van der Waals surface area contributed by atoms with Crippen molar-refractivity contribution in [1.82, 2.24) is 14.1 Å². The zero-order valence-corrected chi connectivity index (χ0v) is 16.2. The lowest BCUT2D eigenvalue weighted by molar-refractivity contribution is -0.138. The Morgan fingerprint density at radius 2 is 1.87 bits per heavy atom. The maximum atomic E-state index is 12.9. The highest BCUT2D eigenvalue weighted by Crippen LogP contribution is 2.29. The van der Waals surface area contributed by atoms with Gasteiger partial charge in [-0.25, -0.2) is 4.98 Å². The molecule has 3 rings (SSSR count). The van der Waals surface area contributed by atoms with Gasteiger partial charge in [-0.3, -0.25) is 14.4 Å². The molecule has 0 aliphatic heterocycles. The quantitative estimate of drug-likeness (QED) is 0.620. The largest absolute Gasteiger partial charge is 0.417 e. The number of alkyl halides is 3. The van der Waals surface area contributed by atoms with E-state index in [2.05, 4.69) is 10.3 Å². The zero-order valence-electron chi connectivity index (χ0n) is 15.4. The first-order valence-corrected chi connectivity index (χ1v) is 8.83. The smallest absolute Gasteiger partial charge is 0.331 e. The summed E-state index contributed by atoms with van der Waals surface area (Å²) in [7, 11) is 1.68. The molecule has 0 bridgehead atoms. The Kier molecular flexibility index (Phi) is 5.79. The lowest BCUT2D eigenvalue weighted by atomic mass is 10.1. The number of carbonyl (C=O) groups excluding carboxylic acids is 2. The van der Waals surface area contributed by atoms with E-state index in [9.17, 15) is 27.6 Å². The molecule has 0 unspecified atom stereocenters. The van der Waals surface area contributed by atoms with E-state index >= 15 is 0 Å². The van der Waals surface area contributed by atoms with E-state index in [4.69, 9.17) is 11.6 Å². The second-order valence-corrected chi connectivity index (χ2v) is 6.73. The predicted octanol–water partition coefficient (Wildman–Crippen LogP) is 3.12. The van der Waals surface area contributed by atoms with Gasteiger partial charge < -0.3 is 14.5 Å². The van der Waals surface area contributed by atoms with E-state index in [1.807, 2.05) is 0 Å². The number of benzene rings is 1. The van der Waals surface area contributed by atoms with Crippen LogP contribution in [0.3, 0.4) is 0 Å². The first kappa shape index (κ1) is 21.3. The van der Waals surface area contributed by atoms with Crippen LogP contribution in [0.15, 0.2) is 53.7 Å². The number of rotatable bonds is 5. The van der Waals surface area contributed by atoms with Gasteiger partial charge in [0, 0.05) is 36.9 Å². The van der Waals surface area contributed by atoms with Crippen molar-refractivity contribution in [3.8, 4) is 0 Å². The Balaban J connectivity index is 1.73. The first-order chi connectivity index (χ1) is 14.1. The number of aryl methyl sites for hydroxylation is 1. The molecule has 1 N–H and O–H groups in total. The number of hydrogen-bond acceptors (Lipinski definition) is 4. The van der Waals surface area contributed by atoms with Crippen molar-refractivity contribution in [2.75, 3.05) is 5.32 Å². The molecular formula is C19H14ClF3N4O3. The van der Waals surface area contributed by atoms with Gasteiger partial charge in [0.1, 0.15) is 11.6 Å². The highest BCUT2D eigenvalue weighted by Gasteiger charge is 2.32. The molecule has 1 aromatic carbocycles. The van der Waals surface area contributed by atoms with Crippen molar-refractivity contribution in [2.24, 2.45) is 7.05 Å². The second-order valence-electron chi connectivity index (χ2n) is 6.32. The summed E-state index contributed by atoms with van der Waals surface area (Å²) in [5.74, 6) is -0.811. The van der Waals surface area contributed by atoms with Crippen molar-refractivity contribution in [3.63, 3.8) is 0 Å². The molecule has 0 fully saturated rings. The minimum absolute atomic E-state index is 0.243. The van der Waals surface area contributed by atoms with E-state index in [1.165, 1.54) is 30.5 Å². The van der Waals surface area contributed by atoms with Crippen molar-refractivity contribution in [2.45, 2.75) is 12.7 Å². The Bertz CT molecular complexity index is 1170. The van der Waals surface area contributed by atoms with Crippen LogP contribution in [0.5, 0.6) is 0 Å². The first-order valence-electron chi connectivity index (χ1n) is 8.45. The highest BCUT2D eigenvalue weighted by atomic mass is 35.5. The van der Waals surface area contributed by atoms with Crippen LogP contribution in [0.25, 0.3) is 0 Å². The minimum atomic E-state index is -4.72. The van der Waals surface area contributed by atoms with E-state index in [1.54, 1.807) is 17.8 Å². The Labute approximate surface area is 172 Å². The molecular weight excluding hydrogens is 425 g/mol. The van der Waals surface area contributed by atoms with Gasteiger partial charge in [0.2, 0.25) is 11.7 Å². The van der Waals surface area contributed by atoms with E-state index in [0.29, 0.717) is 28.1 Å². The van der Waals surface area contributed by atoms with Gasteiger partial charge in [0.05, 0.1) is 5.56 Å². The van der Waals surface area contributed by atoms with Crippen LogP contribution in [-0.2, 0) is 24.6 Å². The average Bonchev–Trinajstić information content (AvgIpc) is 3.10. The summed E-state index contributed by atoms with van der Waals surface area (Å²) < 4.78 is 40.8. The molecule has 156 valence electrons. The van der Waals surface area contributed by atoms with Crippen molar-refractivity contribution in [1.29, 1.82) is 0 Å². The predicted molar refractivity (Wildman–Crippen MR) is 102 cm³/mol. The number of ketones is 1. The van der Waals surface area contributed by atoms with Crippen LogP contribution < -0.4 is 10.9 Å². The summed E-state index contributed by atoms with van der Waals surface area (Å²) in [6.45, 7) is -0.670.